The van der Waals surface area contributed by atoms with E-state index in [-0.39, 0.29) is 12.4 Å². The number of pyridine rings is 1. The van der Waals surface area contributed by atoms with Gasteiger partial charge in [-0.25, -0.2) is 19.3 Å². The average Bonchev–Trinajstić information content (AvgIpc) is 3.90. The molecule has 3 N–H and O–H groups in total. The summed E-state index contributed by atoms with van der Waals surface area (Å²) in [6.45, 7) is 5.07. The van der Waals surface area contributed by atoms with E-state index in [0.29, 0.717) is 5.75 Å². The van der Waals surface area contributed by atoms with Crippen LogP contribution in [-0.4, -0.2) is 49.4 Å². The number of fused-ring (bicyclic) bond motifs is 8. The van der Waals surface area contributed by atoms with Crippen LogP contribution in [0.25, 0.3) is 57.5 Å². The molecule has 0 saturated carbocycles. The van der Waals surface area contributed by atoms with Gasteiger partial charge in [0.1, 0.15) is 18.6 Å². The molecule has 51 heavy (non-hydrogen) atoms. The second kappa shape index (κ2) is 16.2. The molecule has 2 aliphatic rings. The van der Waals surface area contributed by atoms with E-state index in [2.05, 4.69) is 68.7 Å². The molecule has 0 spiro atoms. The molecule has 0 saturated heterocycles. The van der Waals surface area contributed by atoms with E-state index in [1.165, 1.54) is 23.7 Å². The van der Waals surface area contributed by atoms with Gasteiger partial charge in [0.2, 0.25) is 0 Å². The van der Waals surface area contributed by atoms with E-state index < -0.39 is 18.4 Å². The SMILES string of the molecule is C1=Cc2cc3ccc(cc4nc(cc5ccc(cc1n2)[nH]5)C=C4)[nH]3.CC(=O)CC(=O)[O-].Cc1c(-c2ccc(OCC(=O)O)cc2)cc[n+](C)c1C. The summed E-state index contributed by atoms with van der Waals surface area (Å²) in [7, 11) is 2.02. The van der Waals surface area contributed by atoms with Gasteiger partial charge in [0.05, 0.1) is 22.8 Å². The van der Waals surface area contributed by atoms with Crippen LogP contribution >= 0.6 is 0 Å². The van der Waals surface area contributed by atoms with Gasteiger partial charge in [0.25, 0.3) is 0 Å². The lowest BCUT2D eigenvalue weighted by Gasteiger charge is -2.08. The molecule has 11 heteroatoms. The number of carbonyl (C=O) groups excluding carboxylic acids is 2. The van der Waals surface area contributed by atoms with Crippen LogP contribution in [-0.2, 0) is 21.4 Å². The van der Waals surface area contributed by atoms with Crippen LogP contribution in [0.2, 0.25) is 0 Å². The summed E-state index contributed by atoms with van der Waals surface area (Å²) in [6, 6.07) is 25.9. The van der Waals surface area contributed by atoms with Gasteiger partial charge in [-0.15, -0.1) is 0 Å². The number of carbonyl (C=O) groups is 3. The molecule has 1 aromatic carbocycles. The molecular weight excluding hydrogens is 646 g/mol. The summed E-state index contributed by atoms with van der Waals surface area (Å²) in [4.78, 5) is 45.8. The van der Waals surface area contributed by atoms with Crippen LogP contribution in [0.1, 0.15) is 47.4 Å². The summed E-state index contributed by atoms with van der Waals surface area (Å²) in [6.07, 6.45) is 9.65. The highest BCUT2D eigenvalue weighted by Crippen LogP contribution is 2.26. The van der Waals surface area contributed by atoms with Crippen molar-refractivity contribution in [1.82, 2.24) is 19.9 Å². The number of hydrogen-bond donors (Lipinski definition) is 3. The van der Waals surface area contributed by atoms with Crippen LogP contribution in [0.3, 0.4) is 0 Å². The number of H-pyrrole nitrogens is 2. The molecule has 0 amide bonds. The minimum atomic E-state index is -1.31. The molecule has 258 valence electrons. The number of carboxylic acid groups (broad SMARTS) is 2. The number of ether oxygens (including phenoxy) is 1. The molecule has 7 rings (SSSR count). The Kier molecular flexibility index (Phi) is 11.3. The first-order chi connectivity index (χ1) is 24.4. The number of ketones is 1. The number of aliphatic carboxylic acids is 2. The number of nitrogens with zero attached hydrogens (tertiary/aromatic N) is 3. The van der Waals surface area contributed by atoms with Gasteiger partial charge in [-0.3, -0.25) is 4.79 Å². The largest absolute Gasteiger partial charge is 0.550 e. The number of aromatic nitrogens is 5. The fraction of sp³-hybridized carbons (Fsp3) is 0.150. The summed E-state index contributed by atoms with van der Waals surface area (Å²) in [5.41, 5.74) is 12.6. The lowest BCUT2D eigenvalue weighted by molar-refractivity contribution is -0.677. The Morgan fingerprint density at radius 2 is 1.20 bits per heavy atom. The first-order valence-electron chi connectivity index (χ1n) is 16.1. The van der Waals surface area contributed by atoms with Crippen molar-refractivity contribution in [2.75, 3.05) is 6.61 Å². The molecular formula is C40H37N5O6. The number of hydrogen-bond acceptors (Lipinski definition) is 7. The van der Waals surface area contributed by atoms with Gasteiger partial charge in [0.15, 0.2) is 18.5 Å². The van der Waals surface area contributed by atoms with E-state index in [0.717, 1.165) is 50.4 Å². The summed E-state index contributed by atoms with van der Waals surface area (Å²) in [5, 5.41) is 18.1. The van der Waals surface area contributed by atoms with Gasteiger partial charge in [-0.1, -0.05) is 12.1 Å². The predicted molar refractivity (Wildman–Crippen MR) is 195 cm³/mol. The van der Waals surface area contributed by atoms with Crippen LogP contribution in [0.4, 0.5) is 0 Å². The Labute approximate surface area is 294 Å². The number of aromatic amines is 2. The predicted octanol–water partition coefficient (Wildman–Crippen LogP) is 5.63. The van der Waals surface area contributed by atoms with E-state index in [4.69, 9.17) is 9.84 Å². The number of carboxylic acids is 2. The van der Waals surface area contributed by atoms with Crippen molar-refractivity contribution in [3.8, 4) is 16.9 Å². The summed E-state index contributed by atoms with van der Waals surface area (Å²) < 4.78 is 7.21. The zero-order valence-electron chi connectivity index (χ0n) is 28.6. The number of Topliss-reactive ketones (excluding diaryl/α,β-unsaturated/α-hetero) is 1. The van der Waals surface area contributed by atoms with Crippen molar-refractivity contribution in [3.63, 3.8) is 0 Å². The number of rotatable bonds is 6. The average molecular weight is 684 g/mol. The van der Waals surface area contributed by atoms with Gasteiger partial charge < -0.3 is 29.7 Å². The third kappa shape index (κ3) is 10.2. The van der Waals surface area contributed by atoms with Crippen LogP contribution < -0.4 is 14.4 Å². The fourth-order valence-electron chi connectivity index (χ4n) is 5.22. The molecule has 0 aliphatic carbocycles. The lowest BCUT2D eigenvalue weighted by atomic mass is 10.0. The van der Waals surface area contributed by atoms with Gasteiger partial charge in [0, 0.05) is 53.0 Å². The lowest BCUT2D eigenvalue weighted by Crippen LogP contribution is -2.32. The van der Waals surface area contributed by atoms with Gasteiger partial charge >= 0.3 is 5.97 Å². The highest BCUT2D eigenvalue weighted by molar-refractivity contribution is 5.92. The molecule has 5 aromatic rings. The Morgan fingerprint density at radius 1 is 0.745 bits per heavy atom. The van der Waals surface area contributed by atoms with Crippen molar-refractivity contribution in [3.05, 3.63) is 119 Å². The second-order valence-corrected chi connectivity index (χ2v) is 11.9. The van der Waals surface area contributed by atoms with E-state index in [1.54, 1.807) is 12.1 Å². The fourth-order valence-corrected chi connectivity index (χ4v) is 5.22. The molecule has 2 aliphatic heterocycles. The maximum atomic E-state index is 10.4. The standard InChI is InChI=1S/C20H14N4.C16H17NO3.C4H6O3/c1-2-14-10-16-5-6-18(23-16)12-20-8-7-19(24-20)11-17-4-3-15(22-17)9-13(1)21-14;1-11-12(2)17(3)9-8-15(11)13-4-6-14(7-5-13)20-10-16(18)19;1-3(5)2-4(6)7/h1-12,21,24H;4-9H,10H2,1-3H3;2H2,1H3,(H,6,7). The highest BCUT2D eigenvalue weighted by Gasteiger charge is 2.11. The highest BCUT2D eigenvalue weighted by atomic mass is 16.5. The normalized spacial score (nSPS) is 11.1. The first kappa shape index (κ1) is 35.7. The molecule has 0 fully saturated rings. The van der Waals surface area contributed by atoms with Crippen molar-refractivity contribution in [2.24, 2.45) is 7.05 Å². The van der Waals surface area contributed by atoms with Gasteiger partial charge in [-0.2, -0.15) is 0 Å². The number of benzene rings is 1. The van der Waals surface area contributed by atoms with Crippen molar-refractivity contribution < 1.29 is 33.9 Å². The maximum absolute atomic E-state index is 10.4. The third-order valence-corrected chi connectivity index (χ3v) is 7.90. The minimum absolute atomic E-state index is 0.321. The first-order valence-corrected chi connectivity index (χ1v) is 16.1. The molecule has 6 heterocycles. The van der Waals surface area contributed by atoms with Gasteiger partial charge in [-0.05, 0) is 110 Å². The Bertz CT molecular complexity index is 2130. The summed E-state index contributed by atoms with van der Waals surface area (Å²) >= 11 is 0. The maximum Gasteiger partial charge on any atom is 0.341 e. The van der Waals surface area contributed by atoms with E-state index >= 15 is 0 Å². The quantitative estimate of drug-likeness (QED) is 0.150. The van der Waals surface area contributed by atoms with Crippen LogP contribution in [0.5, 0.6) is 5.75 Å². The Balaban J connectivity index is 0.000000170. The second-order valence-electron chi connectivity index (χ2n) is 11.9. The Hall–Kier alpha value is -6.62. The zero-order valence-corrected chi connectivity index (χ0v) is 28.6. The van der Waals surface area contributed by atoms with Crippen LogP contribution in [0.15, 0.2) is 85.1 Å². The molecule has 0 unspecified atom stereocenters. The molecule has 0 atom stereocenters. The molecule has 0 radical (unpaired) electrons. The van der Waals surface area contributed by atoms with Crippen molar-refractivity contribution in [2.45, 2.75) is 27.2 Å². The molecule has 8 bridgehead atoms. The number of aryl methyl sites for hydroxylation is 1. The summed E-state index contributed by atoms with van der Waals surface area (Å²) in [5.74, 6) is -2.10. The smallest absolute Gasteiger partial charge is 0.341 e. The molecule has 11 nitrogen and oxygen atoms in total. The van der Waals surface area contributed by atoms with Crippen molar-refractivity contribution >= 4 is 64.1 Å². The Morgan fingerprint density at radius 3 is 1.57 bits per heavy atom. The van der Waals surface area contributed by atoms with E-state index in [9.17, 15) is 19.5 Å². The van der Waals surface area contributed by atoms with Crippen LogP contribution in [0, 0.1) is 13.8 Å². The monoisotopic (exact) mass is 683 g/mol. The minimum Gasteiger partial charge on any atom is -0.550 e. The number of nitrogens with one attached hydrogen (secondary N) is 2. The van der Waals surface area contributed by atoms with E-state index in [1.807, 2.05) is 73.9 Å². The zero-order chi connectivity index (χ0) is 36.5. The topological polar surface area (TPSA) is 165 Å². The molecule has 4 aromatic heterocycles. The van der Waals surface area contributed by atoms with Crippen molar-refractivity contribution in [1.29, 1.82) is 0 Å². The third-order valence-electron chi connectivity index (χ3n) is 7.90.